The molecule has 2 amide bonds. The van der Waals surface area contributed by atoms with Crippen LogP contribution in [0.25, 0.3) is 0 Å². The molecule has 2 N–H and O–H groups in total. The van der Waals surface area contributed by atoms with Gasteiger partial charge in [0.05, 0.1) is 13.0 Å². The second kappa shape index (κ2) is 7.95. The first-order valence-corrected chi connectivity index (χ1v) is 6.83. The lowest BCUT2D eigenvalue weighted by Gasteiger charge is -2.29. The van der Waals surface area contributed by atoms with Crippen molar-refractivity contribution < 1.29 is 14.3 Å². The summed E-state index contributed by atoms with van der Waals surface area (Å²) in [5, 5.41) is 5.66. The van der Waals surface area contributed by atoms with Gasteiger partial charge in [0.25, 0.3) is 0 Å². The lowest BCUT2D eigenvalue weighted by molar-refractivity contribution is -0.142. The number of urea groups is 1. The summed E-state index contributed by atoms with van der Waals surface area (Å²) in [6.07, 6.45) is 4.88. The smallest absolute Gasteiger partial charge is 0.315 e. The van der Waals surface area contributed by atoms with Gasteiger partial charge in [-0.3, -0.25) is 4.79 Å². The molecule has 0 bridgehead atoms. The van der Waals surface area contributed by atoms with Crippen molar-refractivity contribution in [3.63, 3.8) is 0 Å². The van der Waals surface area contributed by atoms with Gasteiger partial charge in [-0.2, -0.15) is 0 Å². The van der Waals surface area contributed by atoms with Gasteiger partial charge in [-0.25, -0.2) is 4.79 Å². The summed E-state index contributed by atoms with van der Waals surface area (Å²) in [5.74, 6) is 0.262. The molecule has 0 aromatic rings. The minimum atomic E-state index is -0.274. The Morgan fingerprint density at radius 1 is 1.28 bits per heavy atom. The zero-order valence-electron chi connectivity index (χ0n) is 11.3. The van der Waals surface area contributed by atoms with E-state index in [1.54, 1.807) is 6.92 Å². The Kier molecular flexibility index (Phi) is 6.54. The highest BCUT2D eigenvalue weighted by Gasteiger charge is 2.22. The quantitative estimate of drug-likeness (QED) is 0.737. The molecule has 0 aromatic carbocycles. The summed E-state index contributed by atoms with van der Waals surface area (Å²) in [5.41, 5.74) is 0. The Labute approximate surface area is 109 Å². The molecule has 0 aliphatic heterocycles. The fraction of sp³-hybridized carbons (Fsp3) is 0.846. The third-order valence-electron chi connectivity index (χ3n) is 3.35. The van der Waals surface area contributed by atoms with E-state index in [1.807, 2.05) is 0 Å². The van der Waals surface area contributed by atoms with Gasteiger partial charge in [-0.15, -0.1) is 0 Å². The van der Waals surface area contributed by atoms with Gasteiger partial charge in [0.15, 0.2) is 0 Å². The van der Waals surface area contributed by atoms with E-state index >= 15 is 0 Å². The summed E-state index contributed by atoms with van der Waals surface area (Å²) < 4.78 is 4.78. The number of nitrogens with one attached hydrogen (secondary N) is 2. The highest BCUT2D eigenvalue weighted by molar-refractivity contribution is 5.75. The molecule has 0 heterocycles. The van der Waals surface area contributed by atoms with Crippen LogP contribution in [0.5, 0.6) is 0 Å². The molecule has 0 saturated heterocycles. The van der Waals surface area contributed by atoms with Crippen LogP contribution in [-0.4, -0.2) is 31.2 Å². The zero-order valence-corrected chi connectivity index (χ0v) is 11.3. The van der Waals surface area contributed by atoms with Gasteiger partial charge in [0.2, 0.25) is 0 Å². The predicted octanol–water partition coefficient (Wildman–Crippen LogP) is 1.82. The van der Waals surface area contributed by atoms with E-state index in [1.165, 1.54) is 19.3 Å². The molecular weight excluding hydrogens is 232 g/mol. The van der Waals surface area contributed by atoms with Crippen LogP contribution >= 0.6 is 0 Å². The van der Waals surface area contributed by atoms with Crippen LogP contribution in [0.4, 0.5) is 4.79 Å². The molecule has 5 nitrogen and oxygen atoms in total. The number of hydrogen-bond acceptors (Lipinski definition) is 3. The number of ether oxygens (including phenoxy) is 1. The number of carbonyl (C=O) groups excluding carboxylic acids is 2. The largest absolute Gasteiger partial charge is 0.466 e. The van der Waals surface area contributed by atoms with Gasteiger partial charge < -0.3 is 15.4 Å². The molecule has 18 heavy (non-hydrogen) atoms. The average molecular weight is 256 g/mol. The third-order valence-corrected chi connectivity index (χ3v) is 3.35. The Bertz CT molecular complexity index is 281. The molecule has 1 rings (SSSR count). The third kappa shape index (κ3) is 5.38. The fourth-order valence-corrected chi connectivity index (χ4v) is 2.26. The van der Waals surface area contributed by atoms with E-state index in [4.69, 9.17) is 4.74 Å². The van der Waals surface area contributed by atoms with Crippen molar-refractivity contribution in [3.05, 3.63) is 0 Å². The summed E-state index contributed by atoms with van der Waals surface area (Å²) in [4.78, 5) is 22.7. The Morgan fingerprint density at radius 2 is 2.00 bits per heavy atom. The number of esters is 1. The molecule has 0 radical (unpaired) electrons. The van der Waals surface area contributed by atoms with E-state index in [-0.39, 0.29) is 24.5 Å². The molecule has 1 fully saturated rings. The monoisotopic (exact) mass is 256 g/mol. The highest BCUT2D eigenvalue weighted by atomic mass is 16.5. The summed E-state index contributed by atoms with van der Waals surface area (Å²) in [6, 6.07) is 0.0828. The van der Waals surface area contributed by atoms with Gasteiger partial charge >= 0.3 is 12.0 Å². The highest BCUT2D eigenvalue weighted by Crippen LogP contribution is 2.23. The van der Waals surface area contributed by atoms with Crippen LogP contribution in [0.3, 0.4) is 0 Å². The zero-order chi connectivity index (χ0) is 13.4. The van der Waals surface area contributed by atoms with Crippen LogP contribution < -0.4 is 10.6 Å². The maximum absolute atomic E-state index is 11.6. The van der Waals surface area contributed by atoms with Gasteiger partial charge in [0.1, 0.15) is 0 Å². The van der Waals surface area contributed by atoms with E-state index in [9.17, 15) is 9.59 Å². The molecule has 1 saturated carbocycles. The molecule has 104 valence electrons. The van der Waals surface area contributed by atoms with Gasteiger partial charge in [-0.05, 0) is 25.7 Å². The second-order valence-electron chi connectivity index (χ2n) is 4.82. The SMILES string of the molecule is CCOC(=O)CCNC(=O)NC1CCCCC1C. The molecule has 2 unspecified atom stereocenters. The number of hydrogen-bond donors (Lipinski definition) is 2. The first kappa shape index (κ1) is 14.8. The van der Waals surface area contributed by atoms with Crippen molar-refractivity contribution in [1.29, 1.82) is 0 Å². The van der Waals surface area contributed by atoms with Crippen molar-refractivity contribution in [2.24, 2.45) is 5.92 Å². The number of rotatable bonds is 5. The second-order valence-corrected chi connectivity index (χ2v) is 4.82. The van der Waals surface area contributed by atoms with Crippen molar-refractivity contribution in [3.8, 4) is 0 Å². The van der Waals surface area contributed by atoms with E-state index < -0.39 is 0 Å². The van der Waals surface area contributed by atoms with Crippen molar-refractivity contribution in [2.45, 2.75) is 52.0 Å². The summed E-state index contributed by atoms with van der Waals surface area (Å²) in [7, 11) is 0. The summed E-state index contributed by atoms with van der Waals surface area (Å²) >= 11 is 0. The molecule has 1 aliphatic rings. The maximum Gasteiger partial charge on any atom is 0.315 e. The first-order chi connectivity index (χ1) is 8.63. The Balaban J connectivity index is 2.15. The topological polar surface area (TPSA) is 67.4 Å². The first-order valence-electron chi connectivity index (χ1n) is 6.83. The minimum Gasteiger partial charge on any atom is -0.466 e. The van der Waals surface area contributed by atoms with Crippen molar-refractivity contribution in [1.82, 2.24) is 10.6 Å². The van der Waals surface area contributed by atoms with E-state index in [2.05, 4.69) is 17.6 Å². The van der Waals surface area contributed by atoms with Crippen molar-refractivity contribution in [2.75, 3.05) is 13.2 Å². The lowest BCUT2D eigenvalue weighted by Crippen LogP contribution is -2.46. The van der Waals surface area contributed by atoms with Crippen LogP contribution in [0.1, 0.15) is 46.0 Å². The normalized spacial score (nSPS) is 23.2. The Hall–Kier alpha value is -1.26. The van der Waals surface area contributed by atoms with Crippen LogP contribution in [0, 0.1) is 5.92 Å². The van der Waals surface area contributed by atoms with Gasteiger partial charge in [-0.1, -0.05) is 19.8 Å². The lowest BCUT2D eigenvalue weighted by atomic mass is 9.86. The predicted molar refractivity (Wildman–Crippen MR) is 69.2 cm³/mol. The Morgan fingerprint density at radius 3 is 2.67 bits per heavy atom. The van der Waals surface area contributed by atoms with Gasteiger partial charge in [0, 0.05) is 12.6 Å². The van der Waals surface area contributed by atoms with Crippen LogP contribution in [0.2, 0.25) is 0 Å². The molecule has 0 aromatic heterocycles. The maximum atomic E-state index is 11.6. The number of carbonyl (C=O) groups is 2. The average Bonchev–Trinajstić information content (AvgIpc) is 2.32. The van der Waals surface area contributed by atoms with Crippen LogP contribution in [-0.2, 0) is 9.53 Å². The standard InChI is InChI=1S/C13H24N2O3/c1-3-18-12(16)8-9-14-13(17)15-11-7-5-4-6-10(11)2/h10-11H,3-9H2,1-2H3,(H2,14,15,17). The minimum absolute atomic E-state index is 0.182. The van der Waals surface area contributed by atoms with Crippen LogP contribution in [0.15, 0.2) is 0 Å². The fourth-order valence-electron chi connectivity index (χ4n) is 2.26. The molecule has 0 spiro atoms. The molecule has 5 heteroatoms. The molecule has 1 aliphatic carbocycles. The molecular formula is C13H24N2O3. The van der Waals surface area contributed by atoms with E-state index in [0.717, 1.165) is 6.42 Å². The number of amides is 2. The molecule has 2 atom stereocenters. The van der Waals surface area contributed by atoms with E-state index in [0.29, 0.717) is 19.1 Å². The van der Waals surface area contributed by atoms with Crippen molar-refractivity contribution >= 4 is 12.0 Å². The summed E-state index contributed by atoms with van der Waals surface area (Å²) in [6.45, 7) is 4.64.